The highest BCUT2D eigenvalue weighted by Crippen LogP contribution is 2.33. The zero-order chi connectivity index (χ0) is 15.0. The van der Waals surface area contributed by atoms with E-state index in [9.17, 15) is 18.0 Å². The molecule has 1 aliphatic rings. The molecule has 0 saturated heterocycles. The summed E-state index contributed by atoms with van der Waals surface area (Å²) in [5, 5.41) is 3.24. The third-order valence-corrected chi connectivity index (χ3v) is 2.82. The minimum atomic E-state index is -4.71. The molecule has 0 saturated carbocycles. The van der Waals surface area contributed by atoms with Gasteiger partial charge in [-0.2, -0.15) is 18.2 Å². The van der Waals surface area contributed by atoms with Crippen molar-refractivity contribution in [2.45, 2.75) is 12.7 Å². The Morgan fingerprint density at radius 2 is 2.05 bits per heavy atom. The van der Waals surface area contributed by atoms with E-state index >= 15 is 0 Å². The van der Waals surface area contributed by atoms with Crippen LogP contribution in [-0.2, 0) is 17.5 Å². The van der Waals surface area contributed by atoms with Crippen molar-refractivity contribution < 1.29 is 27.2 Å². The molecule has 3 rings (SSSR count). The summed E-state index contributed by atoms with van der Waals surface area (Å²) in [6.45, 7) is -0.417. The molecule has 0 bridgehead atoms. The minimum Gasteiger partial charge on any atom is -0.482 e. The van der Waals surface area contributed by atoms with E-state index in [0.717, 1.165) is 0 Å². The predicted molar refractivity (Wildman–Crippen MR) is 62.4 cm³/mol. The average molecular weight is 299 g/mol. The molecule has 2 heterocycles. The van der Waals surface area contributed by atoms with Gasteiger partial charge in [-0.05, 0) is 12.1 Å². The highest BCUT2D eigenvalue weighted by molar-refractivity contribution is 5.97. The zero-order valence-corrected chi connectivity index (χ0v) is 10.4. The topological polar surface area (TPSA) is 68.5 Å². The van der Waals surface area contributed by atoms with Crippen molar-refractivity contribution in [3.63, 3.8) is 0 Å². The van der Waals surface area contributed by atoms with Gasteiger partial charge < -0.3 is 9.26 Å². The van der Waals surface area contributed by atoms with Crippen molar-refractivity contribution in [1.82, 2.24) is 10.1 Å². The fourth-order valence-electron chi connectivity index (χ4n) is 1.90. The number of halogens is 3. The molecular formula is C12H8F3N3O3. The molecule has 0 spiro atoms. The van der Waals surface area contributed by atoms with Gasteiger partial charge in [0.1, 0.15) is 5.75 Å². The van der Waals surface area contributed by atoms with Crippen LogP contribution in [0.15, 0.2) is 28.8 Å². The molecule has 21 heavy (non-hydrogen) atoms. The largest absolute Gasteiger partial charge is 0.482 e. The molecule has 1 aliphatic heterocycles. The number of aromatic nitrogens is 2. The van der Waals surface area contributed by atoms with Crippen molar-refractivity contribution in [3.05, 3.63) is 36.0 Å². The first-order valence-corrected chi connectivity index (χ1v) is 5.87. The minimum absolute atomic E-state index is 0.193. The van der Waals surface area contributed by atoms with Crippen LogP contribution in [0.3, 0.4) is 0 Å². The maximum absolute atomic E-state index is 12.4. The number of benzene rings is 1. The van der Waals surface area contributed by atoms with Crippen molar-refractivity contribution >= 4 is 11.6 Å². The molecule has 0 N–H and O–H groups in total. The van der Waals surface area contributed by atoms with Crippen LogP contribution in [0.4, 0.5) is 18.9 Å². The number of anilines is 1. The summed E-state index contributed by atoms with van der Waals surface area (Å²) in [5.74, 6) is -1.59. The molecule has 9 heteroatoms. The summed E-state index contributed by atoms with van der Waals surface area (Å²) in [7, 11) is 0. The molecule has 110 valence electrons. The van der Waals surface area contributed by atoms with Crippen LogP contribution in [0.5, 0.6) is 5.75 Å². The number of ether oxygens (including phenoxy) is 1. The van der Waals surface area contributed by atoms with Crippen LogP contribution in [0.1, 0.15) is 11.7 Å². The van der Waals surface area contributed by atoms with Gasteiger partial charge in [0, 0.05) is 0 Å². The number of hydrogen-bond donors (Lipinski definition) is 0. The number of amides is 1. The molecule has 0 unspecified atom stereocenters. The van der Waals surface area contributed by atoms with Crippen LogP contribution in [0, 0.1) is 0 Å². The number of carbonyl (C=O) groups is 1. The second-order valence-electron chi connectivity index (χ2n) is 4.25. The zero-order valence-electron chi connectivity index (χ0n) is 10.4. The molecule has 0 radical (unpaired) electrons. The summed E-state index contributed by atoms with van der Waals surface area (Å²) >= 11 is 0. The third-order valence-electron chi connectivity index (χ3n) is 2.82. The molecule has 6 nitrogen and oxygen atoms in total. The molecule has 1 aromatic carbocycles. The van der Waals surface area contributed by atoms with Crippen molar-refractivity contribution in [3.8, 4) is 5.75 Å². The van der Waals surface area contributed by atoms with Gasteiger partial charge in [-0.1, -0.05) is 17.3 Å². The molecule has 0 atom stereocenters. The van der Waals surface area contributed by atoms with Crippen LogP contribution < -0.4 is 9.64 Å². The fourth-order valence-corrected chi connectivity index (χ4v) is 1.90. The van der Waals surface area contributed by atoms with Gasteiger partial charge in [-0.25, -0.2) is 0 Å². The summed E-state index contributed by atoms with van der Waals surface area (Å²) in [4.78, 5) is 16.4. The number of nitrogens with zero attached hydrogens (tertiary/aromatic N) is 3. The second kappa shape index (κ2) is 4.76. The Hall–Kier alpha value is -2.58. The monoisotopic (exact) mass is 299 g/mol. The first kappa shape index (κ1) is 13.4. The summed E-state index contributed by atoms with van der Waals surface area (Å²) < 4.78 is 46.6. The van der Waals surface area contributed by atoms with Gasteiger partial charge in [-0.15, -0.1) is 0 Å². The number of alkyl halides is 3. The van der Waals surface area contributed by atoms with Gasteiger partial charge in [0.15, 0.2) is 12.4 Å². The van der Waals surface area contributed by atoms with E-state index in [1.165, 1.54) is 4.90 Å². The Labute approximate surface area is 116 Å². The van der Waals surface area contributed by atoms with E-state index in [-0.39, 0.29) is 19.0 Å². The van der Waals surface area contributed by atoms with E-state index in [2.05, 4.69) is 14.7 Å². The molecule has 1 aromatic heterocycles. The lowest BCUT2D eigenvalue weighted by Gasteiger charge is -2.28. The molecule has 0 fully saturated rings. The Morgan fingerprint density at radius 3 is 2.76 bits per heavy atom. The van der Waals surface area contributed by atoms with Gasteiger partial charge in [0.2, 0.25) is 0 Å². The predicted octanol–water partition coefficient (Wildman–Crippen LogP) is 2.01. The maximum atomic E-state index is 12.4. The quantitative estimate of drug-likeness (QED) is 0.848. The number of fused-ring (bicyclic) bond motifs is 1. The second-order valence-corrected chi connectivity index (χ2v) is 4.25. The molecule has 0 aliphatic carbocycles. The van der Waals surface area contributed by atoms with Crippen LogP contribution in [0.25, 0.3) is 0 Å². The Balaban J connectivity index is 1.88. The smallest absolute Gasteiger partial charge is 0.471 e. The summed E-state index contributed by atoms with van der Waals surface area (Å²) in [6.07, 6.45) is -4.71. The van der Waals surface area contributed by atoms with Crippen molar-refractivity contribution in [2.24, 2.45) is 0 Å². The van der Waals surface area contributed by atoms with E-state index in [1.54, 1.807) is 24.3 Å². The lowest BCUT2D eigenvalue weighted by molar-refractivity contribution is -0.159. The average Bonchev–Trinajstić information content (AvgIpc) is 2.91. The highest BCUT2D eigenvalue weighted by atomic mass is 19.4. The van der Waals surface area contributed by atoms with Gasteiger partial charge in [-0.3, -0.25) is 9.69 Å². The van der Waals surface area contributed by atoms with Crippen LogP contribution in [0.2, 0.25) is 0 Å². The lowest BCUT2D eigenvalue weighted by atomic mass is 10.2. The number of para-hydroxylation sites is 2. The first-order chi connectivity index (χ1) is 9.95. The van der Waals surface area contributed by atoms with Crippen molar-refractivity contribution in [2.75, 3.05) is 11.5 Å². The highest BCUT2D eigenvalue weighted by Gasteiger charge is 2.39. The van der Waals surface area contributed by atoms with Crippen molar-refractivity contribution in [1.29, 1.82) is 0 Å². The summed E-state index contributed by atoms with van der Waals surface area (Å²) in [6, 6.07) is 6.69. The SMILES string of the molecule is O=C1COc2ccccc2N1Cc1noc(C(F)(F)F)n1. The fraction of sp³-hybridized carbons (Fsp3) is 0.250. The van der Waals surface area contributed by atoms with E-state index in [0.29, 0.717) is 11.4 Å². The Bertz CT molecular complexity index is 684. The lowest BCUT2D eigenvalue weighted by Crippen LogP contribution is -2.38. The van der Waals surface area contributed by atoms with Crippen LogP contribution >= 0.6 is 0 Å². The summed E-state index contributed by atoms with van der Waals surface area (Å²) in [5.41, 5.74) is 0.451. The number of rotatable bonds is 2. The third kappa shape index (κ3) is 2.54. The van der Waals surface area contributed by atoms with E-state index < -0.39 is 18.0 Å². The Morgan fingerprint density at radius 1 is 1.29 bits per heavy atom. The van der Waals surface area contributed by atoms with Gasteiger partial charge >= 0.3 is 12.1 Å². The van der Waals surface area contributed by atoms with E-state index in [4.69, 9.17) is 4.74 Å². The Kier molecular flexibility index (Phi) is 3.04. The molecule has 1 amide bonds. The van der Waals surface area contributed by atoms with E-state index in [1.807, 2.05) is 0 Å². The standard InChI is InChI=1S/C12H8F3N3O3/c13-12(14,15)11-16-9(17-21-11)5-18-7-3-1-2-4-8(7)20-6-10(18)19/h1-4H,5-6H2. The van der Waals surface area contributed by atoms with Gasteiger partial charge in [0.05, 0.1) is 12.2 Å². The molecular weight excluding hydrogens is 291 g/mol. The van der Waals surface area contributed by atoms with Gasteiger partial charge in [0.25, 0.3) is 5.91 Å². The van der Waals surface area contributed by atoms with Crippen LogP contribution in [-0.4, -0.2) is 22.7 Å². The normalized spacial score (nSPS) is 14.8. The maximum Gasteiger partial charge on any atom is 0.471 e. The number of hydrogen-bond acceptors (Lipinski definition) is 5. The number of carbonyl (C=O) groups excluding carboxylic acids is 1. The molecule has 2 aromatic rings. The first-order valence-electron chi connectivity index (χ1n) is 5.87.